The van der Waals surface area contributed by atoms with Gasteiger partial charge in [0.25, 0.3) is 0 Å². The molecule has 1 aliphatic carbocycles. The van der Waals surface area contributed by atoms with Crippen LogP contribution in [0.5, 0.6) is 34.5 Å². The Labute approximate surface area is 338 Å². The van der Waals surface area contributed by atoms with Gasteiger partial charge in [-0.2, -0.15) is 0 Å². The first-order valence-electron chi connectivity index (χ1n) is 20.4. The van der Waals surface area contributed by atoms with E-state index in [9.17, 15) is 0 Å². The van der Waals surface area contributed by atoms with Crippen LogP contribution in [-0.4, -0.2) is 79.3 Å². The Kier molecular flexibility index (Phi) is 16.2. The predicted octanol–water partition coefficient (Wildman–Crippen LogP) is 8.89. The molecule has 57 heavy (non-hydrogen) atoms. The lowest BCUT2D eigenvalue weighted by atomic mass is 9.91. The fraction of sp³-hybridized carbons (Fsp3) is 0.417. The number of ether oxygens (including phenoxy) is 9. The van der Waals surface area contributed by atoms with Gasteiger partial charge < -0.3 is 42.6 Å². The van der Waals surface area contributed by atoms with Crippen molar-refractivity contribution in [3.8, 4) is 34.5 Å². The first kappa shape index (κ1) is 41.7. The van der Waals surface area contributed by atoms with E-state index >= 15 is 0 Å². The highest BCUT2D eigenvalue weighted by Gasteiger charge is 2.24. The fourth-order valence-corrected chi connectivity index (χ4v) is 7.20. The SMILES string of the molecule is C=CCOc1cc2c3c(c1)Cc1cccc(c1OCCC)Cc1cc(OCC=C)cc(c1OCCOCCOCCOCCO3)Cc1cccc(c1OCCC)C2. The van der Waals surface area contributed by atoms with Crippen LogP contribution in [0.1, 0.15) is 71.2 Å². The fourth-order valence-electron chi connectivity index (χ4n) is 7.20. The molecule has 0 fully saturated rings. The lowest BCUT2D eigenvalue weighted by Crippen LogP contribution is -2.16. The van der Waals surface area contributed by atoms with Gasteiger partial charge in [-0.25, -0.2) is 0 Å². The van der Waals surface area contributed by atoms with Crippen LogP contribution in [0.15, 0.2) is 86.0 Å². The molecule has 10 bridgehead atoms. The second-order valence-electron chi connectivity index (χ2n) is 14.1. The van der Waals surface area contributed by atoms with E-state index in [1.54, 1.807) is 12.2 Å². The molecule has 6 rings (SSSR count). The minimum Gasteiger partial charge on any atom is -0.493 e. The zero-order valence-corrected chi connectivity index (χ0v) is 33.7. The highest BCUT2D eigenvalue weighted by molar-refractivity contribution is 5.58. The Morgan fingerprint density at radius 2 is 0.807 bits per heavy atom. The third-order valence-corrected chi connectivity index (χ3v) is 9.64. The van der Waals surface area contributed by atoms with Gasteiger partial charge in [0.2, 0.25) is 0 Å². The Bertz CT molecular complexity index is 1690. The third kappa shape index (κ3) is 11.6. The van der Waals surface area contributed by atoms with E-state index in [1.165, 1.54) is 0 Å². The Balaban J connectivity index is 1.62. The molecule has 1 heterocycles. The number of rotatable bonds is 12. The molecule has 4 aromatic carbocycles. The maximum absolute atomic E-state index is 6.74. The summed E-state index contributed by atoms with van der Waals surface area (Å²) in [7, 11) is 0. The zero-order chi connectivity index (χ0) is 39.7. The lowest BCUT2D eigenvalue weighted by molar-refractivity contribution is 0.00484. The second kappa shape index (κ2) is 22.1. The summed E-state index contributed by atoms with van der Waals surface area (Å²) in [4.78, 5) is 0. The van der Waals surface area contributed by atoms with E-state index in [1.807, 2.05) is 0 Å². The van der Waals surface area contributed by atoms with E-state index in [0.29, 0.717) is 105 Å². The van der Waals surface area contributed by atoms with Gasteiger partial charge in [0.1, 0.15) is 60.9 Å². The van der Waals surface area contributed by atoms with Gasteiger partial charge in [-0.05, 0) is 59.4 Å². The van der Waals surface area contributed by atoms with Crippen LogP contribution in [0, 0.1) is 0 Å². The molecule has 0 N–H and O–H groups in total. The zero-order valence-electron chi connectivity index (χ0n) is 33.7. The summed E-state index contributed by atoms with van der Waals surface area (Å²) in [6.45, 7) is 17.3. The summed E-state index contributed by atoms with van der Waals surface area (Å²) in [5, 5.41) is 0. The molecule has 0 atom stereocenters. The molecular weight excluding hydrogens is 721 g/mol. The van der Waals surface area contributed by atoms with Crippen molar-refractivity contribution in [2.75, 3.05) is 79.3 Å². The van der Waals surface area contributed by atoms with E-state index in [2.05, 4.69) is 87.7 Å². The van der Waals surface area contributed by atoms with Crippen molar-refractivity contribution in [2.24, 2.45) is 0 Å². The molecule has 0 saturated heterocycles. The molecular formula is C48H58O9. The normalized spacial score (nSPS) is 15.0. The van der Waals surface area contributed by atoms with Gasteiger partial charge in [-0.15, -0.1) is 0 Å². The van der Waals surface area contributed by atoms with Crippen LogP contribution in [0.4, 0.5) is 0 Å². The quantitative estimate of drug-likeness (QED) is 0.115. The molecule has 304 valence electrons. The summed E-state index contributed by atoms with van der Waals surface area (Å²) in [6, 6.07) is 21.1. The number of fused-ring (bicyclic) bond motifs is 2. The number of para-hydroxylation sites is 2. The van der Waals surface area contributed by atoms with Crippen LogP contribution < -0.4 is 28.4 Å². The van der Waals surface area contributed by atoms with Crippen LogP contribution in [-0.2, 0) is 39.9 Å². The first-order valence-corrected chi connectivity index (χ1v) is 20.4. The van der Waals surface area contributed by atoms with Crippen LogP contribution >= 0.6 is 0 Å². The number of benzene rings is 4. The molecule has 0 radical (unpaired) electrons. The average Bonchev–Trinajstić information content (AvgIpc) is 3.21. The highest BCUT2D eigenvalue weighted by atomic mass is 16.6. The maximum Gasteiger partial charge on any atom is 0.126 e. The van der Waals surface area contributed by atoms with Crippen molar-refractivity contribution in [3.05, 3.63) is 130 Å². The Morgan fingerprint density at radius 3 is 1.12 bits per heavy atom. The van der Waals surface area contributed by atoms with Crippen molar-refractivity contribution < 1.29 is 42.6 Å². The van der Waals surface area contributed by atoms with Gasteiger partial charge in [0.15, 0.2) is 0 Å². The van der Waals surface area contributed by atoms with Crippen molar-refractivity contribution in [2.45, 2.75) is 52.4 Å². The third-order valence-electron chi connectivity index (χ3n) is 9.64. The van der Waals surface area contributed by atoms with E-state index < -0.39 is 0 Å². The van der Waals surface area contributed by atoms with E-state index in [0.717, 1.165) is 91.8 Å². The lowest BCUT2D eigenvalue weighted by Gasteiger charge is -2.24. The molecule has 0 unspecified atom stereocenters. The molecule has 0 aromatic heterocycles. The smallest absolute Gasteiger partial charge is 0.126 e. The van der Waals surface area contributed by atoms with Gasteiger partial charge in [0, 0.05) is 47.9 Å². The Morgan fingerprint density at radius 1 is 0.474 bits per heavy atom. The largest absolute Gasteiger partial charge is 0.493 e. The first-order chi connectivity index (χ1) is 28.1. The molecule has 9 heteroatoms. The van der Waals surface area contributed by atoms with Gasteiger partial charge in [0.05, 0.1) is 52.9 Å². The van der Waals surface area contributed by atoms with E-state index in [4.69, 9.17) is 42.6 Å². The minimum atomic E-state index is 0.363. The van der Waals surface area contributed by atoms with Gasteiger partial charge in [-0.1, -0.05) is 75.6 Å². The predicted molar refractivity (Wildman–Crippen MR) is 223 cm³/mol. The molecule has 0 spiro atoms. The summed E-state index contributed by atoms with van der Waals surface area (Å²) >= 11 is 0. The standard InChI is InChI=1S/C48H58O9/c1-5-15-52-43-31-39-27-35-11-9-13-37(45(35)54-17-7-3)29-41-33-44(53-16-6-2)34-42-30-38-14-10-12-36(46(38)55-18-8-4)28-40(32-43)47(39)56-25-23-50-21-19-49-20-22-51-24-26-57-48(41)42/h5-6,9-14,31-34H,1-2,7-8,15-30H2,3-4H3. The van der Waals surface area contributed by atoms with Gasteiger partial charge in [-0.3, -0.25) is 0 Å². The summed E-state index contributed by atoms with van der Waals surface area (Å²) in [6.07, 6.45) is 7.44. The topological polar surface area (TPSA) is 83.1 Å². The average molecular weight is 779 g/mol. The summed E-state index contributed by atoms with van der Waals surface area (Å²) in [5.41, 5.74) is 8.13. The van der Waals surface area contributed by atoms with Crippen molar-refractivity contribution in [3.63, 3.8) is 0 Å². The van der Waals surface area contributed by atoms with Crippen LogP contribution in [0.3, 0.4) is 0 Å². The molecule has 4 aromatic rings. The van der Waals surface area contributed by atoms with Crippen molar-refractivity contribution in [1.29, 1.82) is 0 Å². The molecule has 1 aliphatic heterocycles. The van der Waals surface area contributed by atoms with Crippen LogP contribution in [0.2, 0.25) is 0 Å². The molecule has 0 saturated carbocycles. The monoisotopic (exact) mass is 778 g/mol. The molecule has 0 amide bonds. The summed E-state index contributed by atoms with van der Waals surface area (Å²) in [5.74, 6) is 4.81. The summed E-state index contributed by atoms with van der Waals surface area (Å²) < 4.78 is 57.0. The number of hydrogen-bond acceptors (Lipinski definition) is 9. The minimum absolute atomic E-state index is 0.363. The second-order valence-corrected chi connectivity index (χ2v) is 14.1. The molecule has 2 aliphatic rings. The Hall–Kier alpha value is -4.96. The van der Waals surface area contributed by atoms with Crippen molar-refractivity contribution in [1.82, 2.24) is 0 Å². The van der Waals surface area contributed by atoms with E-state index in [-0.39, 0.29) is 0 Å². The molecule has 9 nitrogen and oxygen atoms in total. The maximum atomic E-state index is 6.74. The highest BCUT2D eigenvalue weighted by Crippen LogP contribution is 2.41. The van der Waals surface area contributed by atoms with Gasteiger partial charge >= 0.3 is 0 Å². The van der Waals surface area contributed by atoms with Crippen LogP contribution in [0.25, 0.3) is 0 Å². The van der Waals surface area contributed by atoms with Crippen molar-refractivity contribution >= 4 is 0 Å². The number of hydrogen-bond donors (Lipinski definition) is 0.